The molecule has 2 heterocycles. The lowest BCUT2D eigenvalue weighted by Crippen LogP contribution is -2.42. The zero-order valence-corrected chi connectivity index (χ0v) is 12.6. The zero-order valence-electron chi connectivity index (χ0n) is 12.6. The quantitative estimate of drug-likeness (QED) is 0.826. The Kier molecular flexibility index (Phi) is 4.08. The molecule has 3 rings (SSSR count). The maximum absolute atomic E-state index is 5.87. The number of ether oxygens (including phenoxy) is 1. The highest BCUT2D eigenvalue weighted by Crippen LogP contribution is 2.38. The van der Waals surface area contributed by atoms with Gasteiger partial charge in [-0.1, -0.05) is 6.92 Å². The fourth-order valence-electron chi connectivity index (χ4n) is 3.12. The summed E-state index contributed by atoms with van der Waals surface area (Å²) in [4.78, 5) is 4.49. The SMILES string of the molecule is CCCn1ncnc1CC1(CNC2CC2)CCOC1C. The van der Waals surface area contributed by atoms with Crippen molar-refractivity contribution in [2.45, 2.75) is 64.6 Å². The molecule has 20 heavy (non-hydrogen) atoms. The Morgan fingerprint density at radius 2 is 2.35 bits per heavy atom. The third-order valence-electron chi connectivity index (χ3n) is 4.79. The van der Waals surface area contributed by atoms with E-state index in [-0.39, 0.29) is 5.41 Å². The largest absolute Gasteiger partial charge is 0.378 e. The number of nitrogens with zero attached hydrogens (tertiary/aromatic N) is 3. The van der Waals surface area contributed by atoms with E-state index in [1.165, 1.54) is 12.8 Å². The second kappa shape index (κ2) is 5.82. The number of aromatic nitrogens is 3. The molecular weight excluding hydrogens is 252 g/mol. The molecule has 2 atom stereocenters. The lowest BCUT2D eigenvalue weighted by atomic mass is 9.78. The molecule has 1 saturated heterocycles. The van der Waals surface area contributed by atoms with Gasteiger partial charge in [-0.05, 0) is 32.6 Å². The summed E-state index contributed by atoms with van der Waals surface area (Å²) in [6.45, 7) is 7.25. The van der Waals surface area contributed by atoms with Crippen molar-refractivity contribution in [1.82, 2.24) is 20.1 Å². The van der Waals surface area contributed by atoms with Gasteiger partial charge < -0.3 is 10.1 Å². The van der Waals surface area contributed by atoms with Gasteiger partial charge >= 0.3 is 0 Å². The average Bonchev–Trinajstić information content (AvgIpc) is 3.08. The van der Waals surface area contributed by atoms with Crippen molar-refractivity contribution in [3.8, 4) is 0 Å². The highest BCUT2D eigenvalue weighted by molar-refractivity contribution is 5.01. The lowest BCUT2D eigenvalue weighted by Gasteiger charge is -2.32. The van der Waals surface area contributed by atoms with Crippen LogP contribution in [0.5, 0.6) is 0 Å². The van der Waals surface area contributed by atoms with Crippen LogP contribution in [0.25, 0.3) is 0 Å². The van der Waals surface area contributed by atoms with E-state index in [1.54, 1.807) is 6.33 Å². The first kappa shape index (κ1) is 14.0. The first-order chi connectivity index (χ1) is 9.73. The lowest BCUT2D eigenvalue weighted by molar-refractivity contribution is 0.0612. The fourth-order valence-corrected chi connectivity index (χ4v) is 3.12. The van der Waals surface area contributed by atoms with E-state index < -0.39 is 0 Å². The number of hydrogen-bond donors (Lipinski definition) is 1. The van der Waals surface area contributed by atoms with Crippen molar-refractivity contribution >= 4 is 0 Å². The van der Waals surface area contributed by atoms with Crippen molar-refractivity contribution in [3.05, 3.63) is 12.2 Å². The summed E-state index contributed by atoms with van der Waals surface area (Å²) in [6, 6.07) is 0.744. The Morgan fingerprint density at radius 1 is 1.50 bits per heavy atom. The maximum Gasteiger partial charge on any atom is 0.138 e. The molecule has 1 aliphatic heterocycles. The molecule has 0 radical (unpaired) electrons. The minimum absolute atomic E-state index is 0.182. The van der Waals surface area contributed by atoms with Crippen molar-refractivity contribution in [1.29, 1.82) is 0 Å². The summed E-state index contributed by atoms with van der Waals surface area (Å²) in [7, 11) is 0. The summed E-state index contributed by atoms with van der Waals surface area (Å²) >= 11 is 0. The average molecular weight is 278 g/mol. The zero-order chi connectivity index (χ0) is 14.0. The van der Waals surface area contributed by atoms with Gasteiger partial charge in [-0.25, -0.2) is 4.98 Å². The molecule has 1 N–H and O–H groups in total. The molecule has 5 heteroatoms. The molecule has 0 spiro atoms. The van der Waals surface area contributed by atoms with E-state index in [0.29, 0.717) is 6.10 Å². The summed E-state index contributed by atoms with van der Waals surface area (Å²) in [5.41, 5.74) is 0.182. The molecule has 1 aliphatic carbocycles. The van der Waals surface area contributed by atoms with E-state index in [4.69, 9.17) is 4.74 Å². The normalized spacial score (nSPS) is 30.0. The first-order valence-corrected chi connectivity index (χ1v) is 7.95. The summed E-state index contributed by atoms with van der Waals surface area (Å²) in [5.74, 6) is 1.11. The Morgan fingerprint density at radius 3 is 3.00 bits per heavy atom. The van der Waals surface area contributed by atoms with E-state index in [9.17, 15) is 0 Å². The highest BCUT2D eigenvalue weighted by atomic mass is 16.5. The van der Waals surface area contributed by atoms with E-state index in [1.807, 2.05) is 0 Å². The second-order valence-corrected chi connectivity index (χ2v) is 6.36. The van der Waals surface area contributed by atoms with Gasteiger partial charge in [-0.15, -0.1) is 0 Å². The number of rotatable bonds is 7. The minimum atomic E-state index is 0.182. The van der Waals surface area contributed by atoms with Crippen LogP contribution in [-0.2, 0) is 17.7 Å². The Hall–Kier alpha value is -0.940. The third kappa shape index (κ3) is 2.88. The van der Waals surface area contributed by atoms with E-state index in [2.05, 4.69) is 33.9 Å². The first-order valence-electron chi connectivity index (χ1n) is 7.95. The Bertz CT molecular complexity index is 443. The molecule has 5 nitrogen and oxygen atoms in total. The van der Waals surface area contributed by atoms with Gasteiger partial charge in [0, 0.05) is 37.6 Å². The molecule has 2 aliphatic rings. The van der Waals surface area contributed by atoms with Crippen LogP contribution in [-0.4, -0.2) is 40.1 Å². The molecule has 2 unspecified atom stereocenters. The van der Waals surface area contributed by atoms with Crippen LogP contribution in [0.2, 0.25) is 0 Å². The van der Waals surface area contributed by atoms with Gasteiger partial charge in [-0.2, -0.15) is 5.10 Å². The Balaban J connectivity index is 1.73. The third-order valence-corrected chi connectivity index (χ3v) is 4.79. The van der Waals surface area contributed by atoms with Gasteiger partial charge in [0.05, 0.1) is 6.10 Å². The maximum atomic E-state index is 5.87. The van der Waals surface area contributed by atoms with Crippen LogP contribution >= 0.6 is 0 Å². The molecular formula is C15H26N4O. The minimum Gasteiger partial charge on any atom is -0.378 e. The highest BCUT2D eigenvalue weighted by Gasteiger charge is 2.43. The van der Waals surface area contributed by atoms with Gasteiger partial charge in [0.2, 0.25) is 0 Å². The van der Waals surface area contributed by atoms with Gasteiger partial charge in [-0.3, -0.25) is 4.68 Å². The predicted octanol–water partition coefficient (Wildman–Crippen LogP) is 1.78. The standard InChI is InChI=1S/C15H26N4O/c1-3-7-19-14(17-11-18-19)9-15(6-8-20-12(15)2)10-16-13-4-5-13/h11-13,16H,3-10H2,1-2H3. The second-order valence-electron chi connectivity index (χ2n) is 6.36. The molecule has 1 saturated carbocycles. The van der Waals surface area contributed by atoms with Crippen LogP contribution in [0.4, 0.5) is 0 Å². The van der Waals surface area contributed by atoms with Crippen LogP contribution in [0.3, 0.4) is 0 Å². The topological polar surface area (TPSA) is 52.0 Å². The number of aryl methyl sites for hydroxylation is 1. The van der Waals surface area contributed by atoms with Gasteiger partial charge in [0.1, 0.15) is 12.2 Å². The molecule has 1 aromatic rings. The van der Waals surface area contributed by atoms with E-state index in [0.717, 1.165) is 50.8 Å². The van der Waals surface area contributed by atoms with Crippen LogP contribution < -0.4 is 5.32 Å². The fraction of sp³-hybridized carbons (Fsp3) is 0.867. The predicted molar refractivity (Wildman–Crippen MR) is 77.5 cm³/mol. The van der Waals surface area contributed by atoms with Gasteiger partial charge in [0.25, 0.3) is 0 Å². The van der Waals surface area contributed by atoms with E-state index >= 15 is 0 Å². The monoisotopic (exact) mass is 278 g/mol. The van der Waals surface area contributed by atoms with Crippen molar-refractivity contribution < 1.29 is 4.74 Å². The van der Waals surface area contributed by atoms with Crippen LogP contribution in [0, 0.1) is 5.41 Å². The van der Waals surface area contributed by atoms with Gasteiger partial charge in [0.15, 0.2) is 0 Å². The molecule has 2 fully saturated rings. The summed E-state index contributed by atoms with van der Waals surface area (Å²) in [6.07, 6.45) is 7.82. The van der Waals surface area contributed by atoms with Crippen molar-refractivity contribution in [2.24, 2.45) is 5.41 Å². The summed E-state index contributed by atoms with van der Waals surface area (Å²) < 4.78 is 7.93. The Labute approximate surface area is 121 Å². The number of hydrogen-bond acceptors (Lipinski definition) is 4. The summed E-state index contributed by atoms with van der Waals surface area (Å²) in [5, 5.41) is 8.05. The smallest absolute Gasteiger partial charge is 0.138 e. The van der Waals surface area contributed by atoms with Crippen LogP contribution in [0.1, 0.15) is 45.4 Å². The molecule has 112 valence electrons. The molecule has 1 aromatic heterocycles. The van der Waals surface area contributed by atoms with Crippen molar-refractivity contribution in [2.75, 3.05) is 13.2 Å². The molecule has 0 bridgehead atoms. The molecule has 0 aromatic carbocycles. The molecule has 0 amide bonds. The number of nitrogens with one attached hydrogen (secondary N) is 1. The van der Waals surface area contributed by atoms with Crippen LogP contribution in [0.15, 0.2) is 6.33 Å². The van der Waals surface area contributed by atoms with Crippen molar-refractivity contribution in [3.63, 3.8) is 0 Å².